The van der Waals surface area contributed by atoms with Crippen LogP contribution in [0, 0.1) is 5.82 Å². The molecule has 0 saturated heterocycles. The highest BCUT2D eigenvalue weighted by Crippen LogP contribution is 2.30. The van der Waals surface area contributed by atoms with E-state index < -0.39 is 0 Å². The molecular formula is C16H17BrClFN2. The minimum atomic E-state index is -0.236. The summed E-state index contributed by atoms with van der Waals surface area (Å²) >= 11 is 9.50. The number of nitrogens with zero attached hydrogens (tertiary/aromatic N) is 1. The fourth-order valence-electron chi connectivity index (χ4n) is 2.14. The van der Waals surface area contributed by atoms with Crippen LogP contribution in [0.2, 0.25) is 5.02 Å². The number of halogens is 3. The topological polar surface area (TPSA) is 15.3 Å². The van der Waals surface area contributed by atoms with Crippen molar-refractivity contribution in [1.82, 2.24) is 0 Å². The molecule has 0 aromatic heterocycles. The Morgan fingerprint density at radius 2 is 1.90 bits per heavy atom. The average molecular weight is 372 g/mol. The maximum atomic E-state index is 14.0. The largest absolute Gasteiger partial charge is 0.378 e. The first kappa shape index (κ1) is 16.1. The average Bonchev–Trinajstić information content (AvgIpc) is 2.37. The van der Waals surface area contributed by atoms with E-state index in [4.69, 9.17) is 11.6 Å². The lowest BCUT2D eigenvalue weighted by Crippen LogP contribution is -2.11. The van der Waals surface area contributed by atoms with Crippen LogP contribution in [-0.2, 0) is 0 Å². The van der Waals surface area contributed by atoms with Gasteiger partial charge in [0.1, 0.15) is 5.82 Å². The molecule has 2 rings (SSSR count). The van der Waals surface area contributed by atoms with Crippen LogP contribution in [-0.4, -0.2) is 14.1 Å². The molecule has 0 spiro atoms. The third kappa shape index (κ3) is 3.89. The van der Waals surface area contributed by atoms with E-state index in [1.807, 2.05) is 50.2 Å². The molecule has 0 bridgehead atoms. The van der Waals surface area contributed by atoms with Crippen molar-refractivity contribution in [1.29, 1.82) is 0 Å². The predicted octanol–water partition coefficient (Wildman–Crippen LogP) is 5.48. The van der Waals surface area contributed by atoms with Crippen LogP contribution in [0.5, 0.6) is 0 Å². The molecule has 1 atom stereocenters. The summed E-state index contributed by atoms with van der Waals surface area (Å²) in [5.41, 5.74) is 2.43. The van der Waals surface area contributed by atoms with Gasteiger partial charge in [0.15, 0.2) is 0 Å². The van der Waals surface area contributed by atoms with Gasteiger partial charge in [0.2, 0.25) is 0 Å². The Balaban J connectivity index is 2.19. The van der Waals surface area contributed by atoms with Gasteiger partial charge in [-0.2, -0.15) is 0 Å². The fraction of sp³-hybridized carbons (Fsp3) is 0.250. The first-order chi connectivity index (χ1) is 9.88. The molecule has 0 aliphatic heterocycles. The second-order valence-corrected chi connectivity index (χ2v) is 6.42. The molecule has 0 aliphatic rings. The van der Waals surface area contributed by atoms with E-state index in [1.54, 1.807) is 6.07 Å². The van der Waals surface area contributed by atoms with Crippen molar-refractivity contribution in [2.45, 2.75) is 13.0 Å². The Hall–Kier alpha value is -1.26. The number of rotatable bonds is 4. The normalized spacial score (nSPS) is 12.1. The summed E-state index contributed by atoms with van der Waals surface area (Å²) in [6.07, 6.45) is 0. The molecular weight excluding hydrogens is 355 g/mol. The molecule has 0 fully saturated rings. The van der Waals surface area contributed by atoms with E-state index in [1.165, 1.54) is 6.07 Å². The summed E-state index contributed by atoms with van der Waals surface area (Å²) in [5.74, 6) is -0.236. The van der Waals surface area contributed by atoms with Gasteiger partial charge in [-0.05, 0) is 37.3 Å². The van der Waals surface area contributed by atoms with E-state index in [2.05, 4.69) is 21.2 Å². The highest BCUT2D eigenvalue weighted by molar-refractivity contribution is 9.10. The zero-order chi connectivity index (χ0) is 15.6. The van der Waals surface area contributed by atoms with E-state index in [0.717, 1.165) is 15.8 Å². The minimum Gasteiger partial charge on any atom is -0.378 e. The molecule has 0 amide bonds. The Morgan fingerprint density at radius 1 is 1.19 bits per heavy atom. The smallest absolute Gasteiger partial charge is 0.129 e. The number of hydrogen-bond donors (Lipinski definition) is 1. The molecule has 0 radical (unpaired) electrons. The van der Waals surface area contributed by atoms with Gasteiger partial charge in [-0.1, -0.05) is 33.6 Å². The van der Waals surface area contributed by atoms with Gasteiger partial charge in [0, 0.05) is 29.8 Å². The summed E-state index contributed by atoms with van der Waals surface area (Å²) < 4.78 is 14.7. The van der Waals surface area contributed by atoms with Crippen molar-refractivity contribution in [2.24, 2.45) is 0 Å². The monoisotopic (exact) mass is 370 g/mol. The molecule has 0 saturated carbocycles. The third-order valence-corrected chi connectivity index (χ3v) is 4.04. The lowest BCUT2D eigenvalue weighted by atomic mass is 10.1. The summed E-state index contributed by atoms with van der Waals surface area (Å²) in [6.45, 7) is 1.92. The molecule has 112 valence electrons. The van der Waals surface area contributed by atoms with Crippen molar-refractivity contribution >= 4 is 38.9 Å². The summed E-state index contributed by atoms with van der Waals surface area (Å²) in [6, 6.07) is 10.6. The molecule has 0 heterocycles. The van der Waals surface area contributed by atoms with Crippen molar-refractivity contribution < 1.29 is 4.39 Å². The highest BCUT2D eigenvalue weighted by atomic mass is 79.9. The molecule has 1 N–H and O–H groups in total. The van der Waals surface area contributed by atoms with Gasteiger partial charge < -0.3 is 10.2 Å². The van der Waals surface area contributed by atoms with Gasteiger partial charge in [-0.15, -0.1) is 0 Å². The molecule has 2 nitrogen and oxygen atoms in total. The lowest BCUT2D eigenvalue weighted by Gasteiger charge is -2.19. The lowest BCUT2D eigenvalue weighted by molar-refractivity contribution is 0.599. The van der Waals surface area contributed by atoms with Crippen molar-refractivity contribution in [3.63, 3.8) is 0 Å². The standard InChI is InChI=1S/C16H17BrClFN2/c1-10(13-6-4-11(17)8-15(13)19)20-12-5-7-16(21(2)3)14(18)9-12/h4-10,20H,1-3H3. The second kappa shape index (κ2) is 6.67. The van der Waals surface area contributed by atoms with Crippen molar-refractivity contribution in [3.8, 4) is 0 Å². The Kier molecular flexibility index (Phi) is 5.12. The molecule has 0 aliphatic carbocycles. The van der Waals surface area contributed by atoms with Crippen LogP contribution in [0.3, 0.4) is 0 Å². The zero-order valence-electron chi connectivity index (χ0n) is 12.1. The molecule has 21 heavy (non-hydrogen) atoms. The number of anilines is 2. The predicted molar refractivity (Wildman–Crippen MR) is 91.9 cm³/mol. The molecule has 2 aromatic rings. The fourth-order valence-corrected chi connectivity index (χ4v) is 2.82. The summed E-state index contributed by atoms with van der Waals surface area (Å²) in [4.78, 5) is 1.95. The van der Waals surface area contributed by atoms with E-state index >= 15 is 0 Å². The summed E-state index contributed by atoms with van der Waals surface area (Å²) in [7, 11) is 3.88. The number of nitrogens with one attached hydrogen (secondary N) is 1. The maximum Gasteiger partial charge on any atom is 0.129 e. The van der Waals surface area contributed by atoms with Gasteiger partial charge in [0.25, 0.3) is 0 Å². The van der Waals surface area contributed by atoms with Crippen molar-refractivity contribution in [2.75, 3.05) is 24.3 Å². The molecule has 2 aromatic carbocycles. The first-order valence-electron chi connectivity index (χ1n) is 6.57. The first-order valence-corrected chi connectivity index (χ1v) is 7.74. The number of hydrogen-bond acceptors (Lipinski definition) is 2. The zero-order valence-corrected chi connectivity index (χ0v) is 14.5. The van der Waals surface area contributed by atoms with E-state index in [9.17, 15) is 4.39 Å². The molecule has 1 unspecified atom stereocenters. The highest BCUT2D eigenvalue weighted by Gasteiger charge is 2.12. The summed E-state index contributed by atoms with van der Waals surface area (Å²) in [5, 5.41) is 3.93. The maximum absolute atomic E-state index is 14.0. The van der Waals surface area contributed by atoms with Crippen LogP contribution in [0.4, 0.5) is 15.8 Å². The van der Waals surface area contributed by atoms with Crippen LogP contribution >= 0.6 is 27.5 Å². The minimum absolute atomic E-state index is 0.153. The Morgan fingerprint density at radius 3 is 2.48 bits per heavy atom. The van der Waals surface area contributed by atoms with Gasteiger partial charge >= 0.3 is 0 Å². The SMILES string of the molecule is CC(Nc1ccc(N(C)C)c(Cl)c1)c1ccc(Br)cc1F. The van der Waals surface area contributed by atoms with Crippen LogP contribution in [0.25, 0.3) is 0 Å². The second-order valence-electron chi connectivity index (χ2n) is 5.09. The molecule has 5 heteroatoms. The Bertz CT molecular complexity index is 646. The van der Waals surface area contributed by atoms with Crippen LogP contribution in [0.15, 0.2) is 40.9 Å². The van der Waals surface area contributed by atoms with Crippen molar-refractivity contribution in [3.05, 3.63) is 57.3 Å². The van der Waals surface area contributed by atoms with E-state index in [0.29, 0.717) is 10.6 Å². The quantitative estimate of drug-likeness (QED) is 0.765. The van der Waals surface area contributed by atoms with Crippen LogP contribution in [0.1, 0.15) is 18.5 Å². The third-order valence-electron chi connectivity index (χ3n) is 3.24. The van der Waals surface area contributed by atoms with Gasteiger partial charge in [-0.3, -0.25) is 0 Å². The van der Waals surface area contributed by atoms with Gasteiger partial charge in [0.05, 0.1) is 16.8 Å². The van der Waals surface area contributed by atoms with E-state index in [-0.39, 0.29) is 11.9 Å². The van der Waals surface area contributed by atoms with Gasteiger partial charge in [-0.25, -0.2) is 4.39 Å². The Labute approximate surface area is 138 Å². The number of benzene rings is 2. The van der Waals surface area contributed by atoms with Crippen LogP contribution < -0.4 is 10.2 Å².